The number of hydrogen-bond donors (Lipinski definition) is 2. The minimum Gasteiger partial charge on any atom is -0.506 e. The molecular formula is C30H34O7. The van der Waals surface area contributed by atoms with Crippen molar-refractivity contribution in [1.29, 1.82) is 0 Å². The fourth-order valence-electron chi connectivity index (χ4n) is 5.26. The van der Waals surface area contributed by atoms with E-state index >= 15 is 0 Å². The van der Waals surface area contributed by atoms with Crippen LogP contribution in [0.3, 0.4) is 0 Å². The summed E-state index contributed by atoms with van der Waals surface area (Å²) in [7, 11) is 0. The lowest BCUT2D eigenvalue weighted by atomic mass is 9.72. The van der Waals surface area contributed by atoms with Gasteiger partial charge in [0.25, 0.3) is 0 Å². The van der Waals surface area contributed by atoms with Crippen LogP contribution in [0.4, 0.5) is 0 Å². The van der Waals surface area contributed by atoms with Gasteiger partial charge >= 0.3 is 0 Å². The highest BCUT2D eigenvalue weighted by Crippen LogP contribution is 2.52. The average Bonchev–Trinajstić information content (AvgIpc) is 2.94. The molecule has 1 aromatic heterocycles. The number of allylic oxidation sites excluding steroid dienone is 4. The lowest BCUT2D eigenvalue weighted by Crippen LogP contribution is -2.43. The summed E-state index contributed by atoms with van der Waals surface area (Å²) in [4.78, 5) is 40.6. The van der Waals surface area contributed by atoms with Crippen LogP contribution in [0.5, 0.6) is 11.5 Å². The Hall–Kier alpha value is -3.45. The number of phenols is 1. The number of benzene rings is 1. The van der Waals surface area contributed by atoms with Crippen molar-refractivity contribution in [2.45, 2.75) is 84.3 Å². The number of aromatic hydroxyl groups is 1. The van der Waals surface area contributed by atoms with Crippen LogP contribution in [0.1, 0.15) is 84.6 Å². The van der Waals surface area contributed by atoms with E-state index in [-0.39, 0.29) is 40.9 Å². The molecule has 0 bridgehead atoms. The second-order valence-corrected chi connectivity index (χ2v) is 11.3. The highest BCUT2D eigenvalue weighted by Gasteiger charge is 2.62. The Morgan fingerprint density at radius 2 is 1.62 bits per heavy atom. The maximum Gasteiger partial charge on any atom is 0.201 e. The third kappa shape index (κ3) is 4.25. The van der Waals surface area contributed by atoms with E-state index in [1.54, 1.807) is 12.2 Å². The van der Waals surface area contributed by atoms with Crippen LogP contribution in [0.25, 0.3) is 17.0 Å². The molecule has 196 valence electrons. The third-order valence-corrected chi connectivity index (χ3v) is 7.07. The first-order valence-corrected chi connectivity index (χ1v) is 12.4. The third-order valence-electron chi connectivity index (χ3n) is 7.07. The van der Waals surface area contributed by atoms with E-state index in [1.807, 2.05) is 53.7 Å². The van der Waals surface area contributed by atoms with Gasteiger partial charge in [0.2, 0.25) is 5.43 Å². The van der Waals surface area contributed by atoms with Crippen LogP contribution in [-0.4, -0.2) is 27.4 Å². The van der Waals surface area contributed by atoms with Gasteiger partial charge in [-0.3, -0.25) is 14.4 Å². The summed E-state index contributed by atoms with van der Waals surface area (Å²) >= 11 is 0. The Kier molecular flexibility index (Phi) is 6.36. The summed E-state index contributed by atoms with van der Waals surface area (Å²) in [6, 6.07) is 1.49. The molecule has 2 aliphatic rings. The summed E-state index contributed by atoms with van der Waals surface area (Å²) < 4.78 is 12.1. The molecule has 2 heterocycles. The van der Waals surface area contributed by atoms with Crippen molar-refractivity contribution in [3.8, 4) is 11.5 Å². The molecule has 7 nitrogen and oxygen atoms in total. The second kappa shape index (κ2) is 8.84. The molecule has 7 heteroatoms. The van der Waals surface area contributed by atoms with Gasteiger partial charge in [0.15, 0.2) is 17.1 Å². The van der Waals surface area contributed by atoms with Crippen molar-refractivity contribution in [3.05, 3.63) is 62.6 Å². The van der Waals surface area contributed by atoms with E-state index in [1.165, 1.54) is 13.0 Å². The first kappa shape index (κ1) is 26.6. The fourth-order valence-corrected chi connectivity index (χ4v) is 5.26. The predicted molar refractivity (Wildman–Crippen MR) is 142 cm³/mol. The number of rotatable bonds is 6. The quantitative estimate of drug-likeness (QED) is 0.506. The van der Waals surface area contributed by atoms with Crippen molar-refractivity contribution in [1.82, 2.24) is 0 Å². The van der Waals surface area contributed by atoms with Gasteiger partial charge in [-0.1, -0.05) is 23.3 Å². The maximum atomic E-state index is 14.2. The van der Waals surface area contributed by atoms with Crippen LogP contribution in [0.2, 0.25) is 0 Å². The molecule has 1 aliphatic carbocycles. The monoisotopic (exact) mass is 506 g/mol. The number of fused-ring (bicyclic) bond motifs is 3. The molecule has 0 spiro atoms. The number of Topliss-reactive ketones (excluding diaryl/α,β-unsaturated/α-hetero) is 2. The van der Waals surface area contributed by atoms with E-state index in [2.05, 4.69) is 0 Å². The van der Waals surface area contributed by atoms with Gasteiger partial charge in [0.1, 0.15) is 33.9 Å². The van der Waals surface area contributed by atoms with Crippen molar-refractivity contribution in [2.24, 2.45) is 0 Å². The number of phenolic OH excluding ortho intramolecular Hbond substituents is 1. The van der Waals surface area contributed by atoms with Gasteiger partial charge in [-0.2, -0.15) is 0 Å². The van der Waals surface area contributed by atoms with Gasteiger partial charge in [-0.05, 0) is 73.5 Å². The van der Waals surface area contributed by atoms with Gasteiger partial charge in [0, 0.05) is 12.5 Å². The molecule has 1 aliphatic heterocycles. The minimum atomic E-state index is -2.31. The second-order valence-electron chi connectivity index (χ2n) is 11.3. The first-order chi connectivity index (χ1) is 17.1. The number of ether oxygens (including phenoxy) is 1. The molecule has 0 radical (unpaired) electrons. The maximum absolute atomic E-state index is 14.2. The minimum absolute atomic E-state index is 0.0139. The number of hydrogen-bond acceptors (Lipinski definition) is 7. The number of carbonyl (C=O) groups excluding carboxylic acids is 2. The van der Waals surface area contributed by atoms with Gasteiger partial charge in [-0.25, -0.2) is 0 Å². The Balaban J connectivity index is 2.15. The SMILES string of the molecule is CC(=O)CC1(O)C(=O)C(CC=C(C)C)(CC=C(C)C)c2c1oc1cc3c(c(O)c1c2=O)C=CC(C)(C)O3. The summed E-state index contributed by atoms with van der Waals surface area (Å²) in [5.41, 5.74) is -2.89. The molecule has 0 amide bonds. The first-order valence-electron chi connectivity index (χ1n) is 12.4. The topological polar surface area (TPSA) is 114 Å². The summed E-state index contributed by atoms with van der Waals surface area (Å²) in [5.74, 6) is -1.32. The highest BCUT2D eigenvalue weighted by atomic mass is 16.5. The highest BCUT2D eigenvalue weighted by molar-refractivity contribution is 6.06. The lowest BCUT2D eigenvalue weighted by molar-refractivity contribution is -0.147. The Bertz CT molecular complexity index is 1450. The molecule has 1 unspecified atom stereocenters. The molecule has 2 N–H and O–H groups in total. The van der Waals surface area contributed by atoms with Crippen molar-refractivity contribution in [3.63, 3.8) is 0 Å². The van der Waals surface area contributed by atoms with Gasteiger partial charge in [0.05, 0.1) is 16.5 Å². The van der Waals surface area contributed by atoms with E-state index in [9.17, 15) is 24.6 Å². The van der Waals surface area contributed by atoms with Crippen LogP contribution in [0, 0.1) is 0 Å². The van der Waals surface area contributed by atoms with E-state index < -0.39 is 40.0 Å². The normalized spacial score (nSPS) is 20.7. The molecule has 1 atom stereocenters. The molecule has 37 heavy (non-hydrogen) atoms. The zero-order valence-electron chi connectivity index (χ0n) is 22.4. The Morgan fingerprint density at radius 1 is 1.03 bits per heavy atom. The summed E-state index contributed by atoms with van der Waals surface area (Å²) in [5, 5.41) is 22.9. The summed E-state index contributed by atoms with van der Waals surface area (Å²) in [6.45, 7) is 12.5. The Labute approximate surface area is 216 Å². The van der Waals surface area contributed by atoms with Crippen LogP contribution in [0.15, 0.2) is 44.7 Å². The van der Waals surface area contributed by atoms with E-state index in [0.717, 1.165) is 11.1 Å². The van der Waals surface area contributed by atoms with E-state index in [0.29, 0.717) is 11.3 Å². The zero-order valence-corrected chi connectivity index (χ0v) is 22.4. The molecule has 0 fully saturated rings. The zero-order chi connectivity index (χ0) is 27.5. The number of ketones is 2. The largest absolute Gasteiger partial charge is 0.506 e. The predicted octanol–water partition coefficient (Wildman–Crippen LogP) is 5.38. The van der Waals surface area contributed by atoms with Crippen molar-refractivity contribution >= 4 is 28.6 Å². The molecular weight excluding hydrogens is 472 g/mol. The van der Waals surface area contributed by atoms with Gasteiger partial charge in [-0.15, -0.1) is 0 Å². The molecule has 0 saturated heterocycles. The van der Waals surface area contributed by atoms with Crippen LogP contribution in [-0.2, 0) is 20.6 Å². The van der Waals surface area contributed by atoms with Crippen molar-refractivity contribution < 1.29 is 29.0 Å². The average molecular weight is 507 g/mol. The molecule has 0 saturated carbocycles. The smallest absolute Gasteiger partial charge is 0.201 e. The summed E-state index contributed by atoms with van der Waals surface area (Å²) in [6.07, 6.45) is 6.89. The lowest BCUT2D eigenvalue weighted by Gasteiger charge is -2.29. The van der Waals surface area contributed by atoms with Crippen LogP contribution < -0.4 is 10.2 Å². The molecule has 1 aromatic carbocycles. The number of carbonyl (C=O) groups is 2. The van der Waals surface area contributed by atoms with Crippen LogP contribution >= 0.6 is 0 Å². The molecule has 2 aromatic rings. The Morgan fingerprint density at radius 3 is 2.16 bits per heavy atom. The van der Waals surface area contributed by atoms with E-state index in [4.69, 9.17) is 9.15 Å². The molecule has 4 rings (SSSR count). The van der Waals surface area contributed by atoms with Gasteiger partial charge < -0.3 is 19.4 Å². The standard InChI is InChI=1S/C30H34O7/c1-16(2)8-12-29(13-9-17(3)4)23-25(33)22-21(36-26(23)30(35,27(29)34)15-18(5)31)14-20-19(24(22)32)10-11-28(6,7)37-20/h8-11,14,32,35H,12-13,15H2,1-7H3. The number of aliphatic hydroxyl groups is 1. The van der Waals surface area contributed by atoms with Crippen molar-refractivity contribution in [2.75, 3.05) is 0 Å². The fraction of sp³-hybridized carbons (Fsp3) is 0.433.